The smallest absolute Gasteiger partial charge is 0.318 e. The minimum atomic E-state index is -3.42. The molecular formula is C10H19NO4S. The van der Waals surface area contributed by atoms with Crippen LogP contribution in [0.15, 0.2) is 0 Å². The van der Waals surface area contributed by atoms with E-state index in [-0.39, 0.29) is 11.7 Å². The SMILES string of the molecule is CC(C)CS(=O)(=O)N(CC(=O)O)CC1CC1. The van der Waals surface area contributed by atoms with Crippen molar-refractivity contribution in [3.63, 3.8) is 0 Å². The van der Waals surface area contributed by atoms with E-state index in [1.54, 1.807) is 0 Å². The zero-order valence-corrected chi connectivity index (χ0v) is 10.5. The molecule has 0 unspecified atom stereocenters. The van der Waals surface area contributed by atoms with Gasteiger partial charge in [-0.05, 0) is 24.7 Å². The van der Waals surface area contributed by atoms with Crippen LogP contribution in [0.1, 0.15) is 26.7 Å². The first kappa shape index (κ1) is 13.4. The Morgan fingerprint density at radius 2 is 2.00 bits per heavy atom. The van der Waals surface area contributed by atoms with Crippen molar-refractivity contribution in [2.45, 2.75) is 26.7 Å². The molecule has 0 aromatic carbocycles. The predicted molar refractivity (Wildman–Crippen MR) is 60.6 cm³/mol. The third kappa shape index (κ3) is 4.49. The van der Waals surface area contributed by atoms with Crippen LogP contribution in [-0.4, -0.2) is 42.6 Å². The normalized spacial score (nSPS) is 17.0. The van der Waals surface area contributed by atoms with Gasteiger partial charge in [0.2, 0.25) is 10.0 Å². The van der Waals surface area contributed by atoms with Gasteiger partial charge in [-0.1, -0.05) is 13.8 Å². The molecule has 0 aromatic rings. The first-order chi connectivity index (χ1) is 7.31. The van der Waals surface area contributed by atoms with Crippen molar-refractivity contribution in [3.05, 3.63) is 0 Å². The van der Waals surface area contributed by atoms with Gasteiger partial charge in [0.25, 0.3) is 0 Å². The van der Waals surface area contributed by atoms with Crippen LogP contribution in [0.3, 0.4) is 0 Å². The Labute approximate surface area is 96.5 Å². The number of aliphatic carboxylic acids is 1. The number of sulfonamides is 1. The van der Waals surface area contributed by atoms with E-state index in [1.807, 2.05) is 13.8 Å². The molecule has 0 bridgehead atoms. The summed E-state index contributed by atoms with van der Waals surface area (Å²) in [6, 6.07) is 0. The maximum absolute atomic E-state index is 11.9. The molecule has 1 aliphatic carbocycles. The molecule has 0 saturated heterocycles. The molecule has 0 spiro atoms. The Hall–Kier alpha value is -0.620. The summed E-state index contributed by atoms with van der Waals surface area (Å²) in [5, 5.41) is 8.71. The van der Waals surface area contributed by atoms with Crippen LogP contribution in [0.5, 0.6) is 0 Å². The third-order valence-electron chi connectivity index (χ3n) is 2.41. The van der Waals surface area contributed by atoms with Gasteiger partial charge in [-0.3, -0.25) is 4.79 Å². The summed E-state index contributed by atoms with van der Waals surface area (Å²) < 4.78 is 24.9. The van der Waals surface area contributed by atoms with Crippen molar-refractivity contribution in [2.24, 2.45) is 11.8 Å². The molecule has 0 heterocycles. The third-order valence-corrected chi connectivity index (χ3v) is 4.56. The molecule has 0 aromatic heterocycles. The molecule has 0 amide bonds. The lowest BCUT2D eigenvalue weighted by Gasteiger charge is -2.21. The summed E-state index contributed by atoms with van der Waals surface area (Å²) in [4.78, 5) is 10.6. The quantitative estimate of drug-likeness (QED) is 0.723. The lowest BCUT2D eigenvalue weighted by molar-refractivity contribution is -0.137. The minimum Gasteiger partial charge on any atom is -0.480 e. The predicted octanol–water partition coefficient (Wildman–Crippen LogP) is 0.769. The van der Waals surface area contributed by atoms with Crippen molar-refractivity contribution < 1.29 is 18.3 Å². The number of carboxylic acid groups (broad SMARTS) is 1. The number of carboxylic acids is 1. The zero-order valence-electron chi connectivity index (χ0n) is 9.72. The highest BCUT2D eigenvalue weighted by atomic mass is 32.2. The summed E-state index contributed by atoms with van der Waals surface area (Å²) in [5.74, 6) is -0.692. The summed E-state index contributed by atoms with van der Waals surface area (Å²) in [6.45, 7) is 3.58. The Morgan fingerprint density at radius 1 is 1.44 bits per heavy atom. The molecule has 1 N–H and O–H groups in total. The number of hydrogen-bond acceptors (Lipinski definition) is 3. The Morgan fingerprint density at radius 3 is 2.38 bits per heavy atom. The van der Waals surface area contributed by atoms with E-state index in [9.17, 15) is 13.2 Å². The summed E-state index contributed by atoms with van der Waals surface area (Å²) in [5.41, 5.74) is 0. The molecule has 1 saturated carbocycles. The number of nitrogens with zero attached hydrogens (tertiary/aromatic N) is 1. The molecule has 6 heteroatoms. The van der Waals surface area contributed by atoms with E-state index in [4.69, 9.17) is 5.11 Å². The van der Waals surface area contributed by atoms with Gasteiger partial charge < -0.3 is 5.11 Å². The second-order valence-corrected chi connectivity index (χ2v) is 6.82. The largest absolute Gasteiger partial charge is 0.480 e. The van der Waals surface area contributed by atoms with Gasteiger partial charge in [0.1, 0.15) is 6.54 Å². The van der Waals surface area contributed by atoms with Crippen LogP contribution in [0.2, 0.25) is 0 Å². The maximum atomic E-state index is 11.9. The molecule has 1 aliphatic rings. The Balaban J connectivity index is 2.68. The Kier molecular flexibility index (Phi) is 4.32. The molecule has 16 heavy (non-hydrogen) atoms. The summed E-state index contributed by atoms with van der Waals surface area (Å²) in [6.07, 6.45) is 2.01. The van der Waals surface area contributed by atoms with Crippen LogP contribution in [0.25, 0.3) is 0 Å². The highest BCUT2D eigenvalue weighted by Crippen LogP contribution is 2.30. The first-order valence-electron chi connectivity index (χ1n) is 5.51. The van der Waals surface area contributed by atoms with Gasteiger partial charge in [0, 0.05) is 6.54 Å². The molecule has 0 radical (unpaired) electrons. The van der Waals surface area contributed by atoms with E-state index >= 15 is 0 Å². The van der Waals surface area contributed by atoms with Gasteiger partial charge in [-0.15, -0.1) is 0 Å². The fourth-order valence-electron chi connectivity index (χ4n) is 1.54. The van der Waals surface area contributed by atoms with E-state index in [0.29, 0.717) is 12.5 Å². The van der Waals surface area contributed by atoms with Crippen molar-refractivity contribution in [3.8, 4) is 0 Å². The fourth-order valence-corrected chi connectivity index (χ4v) is 3.34. The van der Waals surface area contributed by atoms with Crippen molar-refractivity contribution in [2.75, 3.05) is 18.8 Å². The van der Waals surface area contributed by atoms with Gasteiger partial charge in [0.15, 0.2) is 0 Å². The molecule has 0 atom stereocenters. The second kappa shape index (κ2) is 5.14. The van der Waals surface area contributed by atoms with E-state index < -0.39 is 22.5 Å². The molecule has 0 aliphatic heterocycles. The first-order valence-corrected chi connectivity index (χ1v) is 7.12. The molecule has 1 fully saturated rings. The van der Waals surface area contributed by atoms with Crippen LogP contribution in [0.4, 0.5) is 0 Å². The standard InChI is InChI=1S/C10H19NO4S/c1-8(2)7-16(14,15)11(6-10(12)13)5-9-3-4-9/h8-9H,3-7H2,1-2H3,(H,12,13). The molecular weight excluding hydrogens is 230 g/mol. The van der Waals surface area contributed by atoms with Crippen LogP contribution in [0, 0.1) is 11.8 Å². The highest BCUT2D eigenvalue weighted by Gasteiger charge is 2.32. The minimum absolute atomic E-state index is 0.0143. The lowest BCUT2D eigenvalue weighted by atomic mass is 10.3. The van der Waals surface area contributed by atoms with Crippen LogP contribution >= 0.6 is 0 Å². The van der Waals surface area contributed by atoms with Gasteiger partial charge in [-0.25, -0.2) is 8.42 Å². The second-order valence-electron chi connectivity index (χ2n) is 4.80. The van der Waals surface area contributed by atoms with Gasteiger partial charge >= 0.3 is 5.97 Å². The Bertz CT molecular complexity index is 346. The lowest BCUT2D eigenvalue weighted by Crippen LogP contribution is -2.39. The zero-order chi connectivity index (χ0) is 12.3. The molecule has 5 nitrogen and oxygen atoms in total. The van der Waals surface area contributed by atoms with Crippen molar-refractivity contribution in [1.82, 2.24) is 4.31 Å². The topological polar surface area (TPSA) is 74.7 Å². The van der Waals surface area contributed by atoms with E-state index in [0.717, 1.165) is 17.1 Å². The number of rotatable bonds is 7. The summed E-state index contributed by atoms with van der Waals surface area (Å²) in [7, 11) is -3.42. The summed E-state index contributed by atoms with van der Waals surface area (Å²) >= 11 is 0. The molecule has 94 valence electrons. The van der Waals surface area contributed by atoms with Crippen LogP contribution in [-0.2, 0) is 14.8 Å². The van der Waals surface area contributed by atoms with Crippen molar-refractivity contribution in [1.29, 1.82) is 0 Å². The average molecular weight is 249 g/mol. The number of carbonyl (C=O) groups is 1. The van der Waals surface area contributed by atoms with E-state index in [2.05, 4.69) is 0 Å². The highest BCUT2D eigenvalue weighted by molar-refractivity contribution is 7.89. The average Bonchev–Trinajstić information content (AvgIpc) is 2.83. The molecule has 1 rings (SSSR count). The monoisotopic (exact) mass is 249 g/mol. The van der Waals surface area contributed by atoms with E-state index in [1.165, 1.54) is 0 Å². The fraction of sp³-hybridized carbons (Fsp3) is 0.900. The van der Waals surface area contributed by atoms with Gasteiger partial charge in [-0.2, -0.15) is 4.31 Å². The van der Waals surface area contributed by atoms with Crippen molar-refractivity contribution >= 4 is 16.0 Å². The van der Waals surface area contributed by atoms with Gasteiger partial charge in [0.05, 0.1) is 5.75 Å². The number of hydrogen-bond donors (Lipinski definition) is 1. The maximum Gasteiger partial charge on any atom is 0.318 e. The van der Waals surface area contributed by atoms with Crippen LogP contribution < -0.4 is 0 Å².